The molecule has 0 aliphatic heterocycles. The Kier molecular flexibility index (Phi) is 12.4. The Hall–Kier alpha value is -4.76. The Bertz CT molecular complexity index is 2270. The highest BCUT2D eigenvalue weighted by Gasteiger charge is 2.44. The van der Waals surface area contributed by atoms with Crippen LogP contribution in [0.1, 0.15) is 49.7 Å². The molecule has 20 heteroatoms. The Morgan fingerprint density at radius 1 is 1.12 bits per heavy atom. The van der Waals surface area contributed by atoms with Gasteiger partial charge in [-0.05, 0) is 86.0 Å². The molecule has 0 unspecified atom stereocenters. The number of halogens is 8. The molecule has 2 aromatic carbocycles. The Balaban J connectivity index is 1.59. The molecule has 0 saturated carbocycles. The number of carbonyl (C=O) groups excluding carboxylic acids is 1. The minimum absolute atomic E-state index is 0.0442. The molecule has 12 nitrogen and oxygen atoms in total. The first kappa shape index (κ1) is 42.4. The van der Waals surface area contributed by atoms with Crippen molar-refractivity contribution >= 4 is 74.5 Å². The quantitative estimate of drug-likeness (QED) is 0.0331. The number of carbonyl (C=O) groups is 1. The second-order valence-electron chi connectivity index (χ2n) is 13.5. The smallest absolute Gasteiger partial charge is 0.294 e. The van der Waals surface area contributed by atoms with Crippen LogP contribution in [0.2, 0.25) is 5.02 Å². The lowest BCUT2D eigenvalue weighted by molar-refractivity contribution is -0.121. The number of aromatic nitrogens is 3. The minimum atomic E-state index is -3.60. The number of amides is 1. The van der Waals surface area contributed by atoms with E-state index in [9.17, 15) is 36.2 Å². The van der Waals surface area contributed by atoms with Gasteiger partial charge in [-0.3, -0.25) is 36.0 Å². The maximum absolute atomic E-state index is 14.8. The molecule has 7 N–H and O–H groups in total. The van der Waals surface area contributed by atoms with Crippen molar-refractivity contribution in [3.05, 3.63) is 84.8 Å². The van der Waals surface area contributed by atoms with Gasteiger partial charge in [0.25, 0.3) is 18.4 Å². The Labute approximate surface area is 334 Å². The molecular formula is C36H35ClF6IN9O3. The molecule has 5 rings (SSSR count). The monoisotopic (exact) mass is 917 g/mol. The summed E-state index contributed by atoms with van der Waals surface area (Å²) in [6, 6.07) is 5.88. The van der Waals surface area contributed by atoms with Crippen LogP contribution in [-0.4, -0.2) is 67.9 Å². The third-order valence-electron chi connectivity index (χ3n) is 8.75. The summed E-state index contributed by atoms with van der Waals surface area (Å²) in [5, 5.41) is 46.4. The summed E-state index contributed by atoms with van der Waals surface area (Å²) in [6.45, 7) is 3.46. The van der Waals surface area contributed by atoms with Gasteiger partial charge in [0.2, 0.25) is 11.8 Å². The third kappa shape index (κ3) is 9.26. The fourth-order valence-corrected chi connectivity index (χ4v) is 6.78. The Morgan fingerprint density at radius 2 is 1.79 bits per heavy atom. The van der Waals surface area contributed by atoms with E-state index < -0.39 is 89.8 Å². The normalized spacial score (nSPS) is 14.6. The summed E-state index contributed by atoms with van der Waals surface area (Å²) in [5.41, 5.74) is -2.50. The number of ether oxygens (including phenoxy) is 1. The summed E-state index contributed by atoms with van der Waals surface area (Å²) < 4.78 is 92.3. The Morgan fingerprint density at radius 3 is 2.41 bits per heavy atom. The molecule has 1 aliphatic carbocycles. The summed E-state index contributed by atoms with van der Waals surface area (Å²) in [4.78, 5) is 18.3. The number of fused-ring (bicyclic) bond motifs is 1. The van der Waals surface area contributed by atoms with E-state index in [1.54, 1.807) is 26.1 Å². The van der Waals surface area contributed by atoms with Crippen LogP contribution in [0.4, 0.5) is 32.2 Å². The maximum atomic E-state index is 14.8. The molecule has 1 aliphatic rings. The van der Waals surface area contributed by atoms with E-state index >= 15 is 0 Å². The number of alkyl halides is 4. The zero-order chi connectivity index (χ0) is 41.4. The number of allylic oxidation sites excluding steroid dienone is 2. The van der Waals surface area contributed by atoms with Gasteiger partial charge < -0.3 is 20.5 Å². The molecule has 2 heterocycles. The number of nitrogens with one attached hydrogen (secondary N) is 6. The SMILES string of the molecule is Cc1nc([C@H](Cc2cc(F)cc(F)c2)NC(=O)CNC2=C(C(=N)C(F)F)CCC2(F)F)c(-c2ccc(Cl)c3c(NC(=N)OC(=N)C(C)(C)O)nn(C)c23)cc1I. The number of anilines is 1. The van der Waals surface area contributed by atoms with E-state index in [0.717, 1.165) is 12.1 Å². The third-order valence-corrected chi connectivity index (χ3v) is 10.2. The predicted molar refractivity (Wildman–Crippen MR) is 207 cm³/mol. The van der Waals surface area contributed by atoms with Crippen molar-refractivity contribution in [2.75, 3.05) is 11.9 Å². The number of benzene rings is 2. The molecule has 4 aromatic rings. The molecule has 2 aromatic heterocycles. The predicted octanol–water partition coefficient (Wildman–Crippen LogP) is 7.55. The number of hydrogen-bond acceptors (Lipinski definition) is 9. The number of aliphatic hydroxyl groups is 1. The maximum Gasteiger partial charge on any atom is 0.294 e. The van der Waals surface area contributed by atoms with Crippen LogP contribution in [0.3, 0.4) is 0 Å². The van der Waals surface area contributed by atoms with E-state index in [4.69, 9.17) is 37.5 Å². The highest BCUT2D eigenvalue weighted by molar-refractivity contribution is 14.1. The molecule has 0 radical (unpaired) electrons. The lowest BCUT2D eigenvalue weighted by Crippen LogP contribution is -2.40. The first-order valence-corrected chi connectivity index (χ1v) is 18.2. The van der Waals surface area contributed by atoms with E-state index in [1.165, 1.54) is 24.6 Å². The van der Waals surface area contributed by atoms with Crippen LogP contribution in [0.5, 0.6) is 0 Å². The molecule has 0 fully saturated rings. The minimum Gasteiger partial charge on any atom is -0.408 e. The number of nitrogens with zero attached hydrogens (tertiary/aromatic N) is 3. The first-order valence-electron chi connectivity index (χ1n) is 16.7. The van der Waals surface area contributed by atoms with Crippen molar-refractivity contribution in [3.63, 3.8) is 0 Å². The molecule has 56 heavy (non-hydrogen) atoms. The molecule has 298 valence electrons. The van der Waals surface area contributed by atoms with Crippen molar-refractivity contribution < 1.29 is 41.0 Å². The number of aryl methyl sites for hydroxylation is 2. The fourth-order valence-electron chi connectivity index (χ4n) is 6.11. The van der Waals surface area contributed by atoms with Crippen LogP contribution in [0, 0.1) is 38.4 Å². The standard InChI is InChI=1S/C36H35ClF6IN9O3/c1-15-23(44)13-21(19-5-6-22(37)26-29(19)53(4)52-32(26)51-34(47)56-33(46)35(2,3)55)28(49-15)24(11-16-9-17(38)12-18(39)10-16)50-25(54)14-48-30-20(27(45)31(40)41)7-8-36(30,42)43/h5-6,9-10,12-13,24,31,45-46,48,55H,7-8,11,14H2,1-4H3,(H,50,54)(H2,47,51,52)/t24-/m0/s1. The van der Waals surface area contributed by atoms with Gasteiger partial charge in [-0.25, -0.2) is 17.6 Å². The number of amidine groups is 1. The number of hydrogen-bond donors (Lipinski definition) is 7. The molecule has 1 amide bonds. The van der Waals surface area contributed by atoms with Gasteiger partial charge in [0.15, 0.2) is 5.82 Å². The zero-order valence-electron chi connectivity index (χ0n) is 30.1. The molecule has 0 saturated heterocycles. The first-order chi connectivity index (χ1) is 26.1. The summed E-state index contributed by atoms with van der Waals surface area (Å²) in [7, 11) is 1.58. The van der Waals surface area contributed by atoms with Gasteiger partial charge >= 0.3 is 0 Å². The van der Waals surface area contributed by atoms with Gasteiger partial charge in [0.1, 0.15) is 22.9 Å². The largest absolute Gasteiger partial charge is 0.408 e. The van der Waals surface area contributed by atoms with Crippen LogP contribution in [0.25, 0.3) is 22.0 Å². The summed E-state index contributed by atoms with van der Waals surface area (Å²) >= 11 is 8.72. The molecular weight excluding hydrogens is 883 g/mol. The van der Waals surface area contributed by atoms with Crippen molar-refractivity contribution in [2.45, 2.75) is 64.0 Å². The molecule has 0 bridgehead atoms. The topological polar surface area (TPSA) is 185 Å². The van der Waals surface area contributed by atoms with Crippen molar-refractivity contribution in [1.29, 1.82) is 16.2 Å². The van der Waals surface area contributed by atoms with Gasteiger partial charge in [-0.1, -0.05) is 17.7 Å². The second kappa shape index (κ2) is 16.4. The van der Waals surface area contributed by atoms with E-state index in [-0.39, 0.29) is 28.5 Å². The van der Waals surface area contributed by atoms with Crippen molar-refractivity contribution in [2.24, 2.45) is 7.05 Å². The average Bonchev–Trinajstić information content (AvgIpc) is 3.57. The summed E-state index contributed by atoms with van der Waals surface area (Å²) in [5.74, 6) is -6.87. The van der Waals surface area contributed by atoms with Gasteiger partial charge in [0, 0.05) is 39.8 Å². The van der Waals surface area contributed by atoms with Crippen LogP contribution >= 0.6 is 34.2 Å². The van der Waals surface area contributed by atoms with Crippen LogP contribution in [-0.2, 0) is 23.0 Å². The van der Waals surface area contributed by atoms with Gasteiger partial charge in [-0.2, -0.15) is 13.9 Å². The summed E-state index contributed by atoms with van der Waals surface area (Å²) in [6.07, 6.45) is -4.89. The van der Waals surface area contributed by atoms with Gasteiger partial charge in [-0.15, -0.1) is 0 Å². The highest BCUT2D eigenvalue weighted by atomic mass is 127. The van der Waals surface area contributed by atoms with Gasteiger partial charge in [0.05, 0.1) is 45.6 Å². The lowest BCUT2D eigenvalue weighted by Gasteiger charge is -2.24. The van der Waals surface area contributed by atoms with Crippen LogP contribution in [0.15, 0.2) is 47.7 Å². The van der Waals surface area contributed by atoms with E-state index in [0.29, 0.717) is 37.4 Å². The molecule has 0 spiro atoms. The number of pyridine rings is 1. The van der Waals surface area contributed by atoms with Crippen LogP contribution < -0.4 is 16.0 Å². The fraction of sp³-hybridized carbons (Fsp3) is 0.333. The lowest BCUT2D eigenvalue weighted by atomic mass is 9.93. The molecule has 1 atom stereocenters. The average molecular weight is 918 g/mol. The second-order valence-corrected chi connectivity index (χ2v) is 15.0. The number of rotatable bonds is 12. The van der Waals surface area contributed by atoms with Crippen molar-refractivity contribution in [1.82, 2.24) is 25.4 Å². The van der Waals surface area contributed by atoms with E-state index in [2.05, 4.69) is 43.6 Å². The van der Waals surface area contributed by atoms with Crippen molar-refractivity contribution in [3.8, 4) is 11.1 Å². The highest BCUT2D eigenvalue weighted by Crippen LogP contribution is 2.41. The van der Waals surface area contributed by atoms with E-state index in [1.807, 2.05) is 0 Å². The zero-order valence-corrected chi connectivity index (χ0v) is 33.0.